The highest BCUT2D eigenvalue weighted by Crippen LogP contribution is 2.50. The highest BCUT2D eigenvalue weighted by molar-refractivity contribution is 6.24. The van der Waals surface area contributed by atoms with Crippen LogP contribution in [0.4, 0.5) is 0 Å². The fourth-order valence-corrected chi connectivity index (χ4v) is 8.67. The van der Waals surface area contributed by atoms with E-state index in [9.17, 15) is 0 Å². The molecule has 0 saturated heterocycles. The van der Waals surface area contributed by atoms with E-state index >= 15 is 0 Å². The maximum Gasteiger partial charge on any atom is -0.00132 e. The summed E-state index contributed by atoms with van der Waals surface area (Å²) in [6.45, 7) is 11.5. The molecule has 0 spiro atoms. The van der Waals surface area contributed by atoms with E-state index in [-0.39, 0.29) is 0 Å². The average Bonchev–Trinajstić information content (AvgIpc) is 3.51. The lowest BCUT2D eigenvalue weighted by Crippen LogP contribution is -2.01. The Morgan fingerprint density at radius 1 is 0.333 bits per heavy atom. The fourth-order valence-electron chi connectivity index (χ4n) is 8.67. The predicted octanol–water partition coefficient (Wildman–Crippen LogP) is 13.3. The molecule has 0 aromatic heterocycles. The van der Waals surface area contributed by atoms with Gasteiger partial charge in [0, 0.05) is 0 Å². The highest BCUT2D eigenvalue weighted by Gasteiger charge is 2.25. The highest BCUT2D eigenvalue weighted by atomic mass is 14.3. The van der Waals surface area contributed by atoms with Crippen molar-refractivity contribution in [2.45, 2.75) is 41.0 Å². The molecule has 8 aromatic carbocycles. The van der Waals surface area contributed by atoms with Crippen LogP contribution in [0.3, 0.4) is 0 Å². The largest absolute Gasteiger partial charge is 0.0619 e. The van der Waals surface area contributed by atoms with Gasteiger partial charge in [0.2, 0.25) is 0 Å². The lowest BCUT2D eigenvalue weighted by atomic mass is 9.79. The van der Waals surface area contributed by atoms with Crippen LogP contribution >= 0.6 is 0 Å². The van der Waals surface area contributed by atoms with Crippen LogP contribution in [0.2, 0.25) is 0 Å². The van der Waals surface area contributed by atoms with Gasteiger partial charge in [-0.05, 0) is 169 Å². The molecule has 0 bridgehead atoms. The minimum atomic E-state index is 0.993. The van der Waals surface area contributed by atoms with Crippen molar-refractivity contribution in [3.8, 4) is 44.5 Å². The molecule has 8 aromatic rings. The molecule has 1 aliphatic rings. The summed E-state index contributed by atoms with van der Waals surface area (Å²) in [5, 5.41) is 7.76. The van der Waals surface area contributed by atoms with Crippen LogP contribution in [0.1, 0.15) is 38.9 Å². The average molecular weight is 615 g/mol. The summed E-state index contributed by atoms with van der Waals surface area (Å²) in [4.78, 5) is 0. The quantitative estimate of drug-likeness (QED) is 0.174. The minimum absolute atomic E-state index is 0.993. The topological polar surface area (TPSA) is 0 Å². The molecule has 1 aliphatic carbocycles. The van der Waals surface area contributed by atoms with E-state index in [1.165, 1.54) is 116 Å². The zero-order valence-electron chi connectivity index (χ0n) is 28.3. The number of rotatable bonds is 3. The van der Waals surface area contributed by atoms with Crippen molar-refractivity contribution < 1.29 is 0 Å². The van der Waals surface area contributed by atoms with Crippen molar-refractivity contribution in [3.05, 3.63) is 166 Å². The van der Waals surface area contributed by atoms with Crippen LogP contribution in [0, 0.1) is 34.6 Å². The summed E-state index contributed by atoms with van der Waals surface area (Å²) >= 11 is 0. The van der Waals surface area contributed by atoms with Crippen molar-refractivity contribution in [3.63, 3.8) is 0 Å². The van der Waals surface area contributed by atoms with Crippen LogP contribution in [-0.4, -0.2) is 0 Å². The molecule has 0 heterocycles. The Labute approximate surface area is 283 Å². The molecule has 0 amide bonds. The Kier molecular flexibility index (Phi) is 6.46. The molecule has 0 N–H and O–H groups in total. The van der Waals surface area contributed by atoms with Crippen LogP contribution in [-0.2, 0) is 6.42 Å². The van der Waals surface area contributed by atoms with Gasteiger partial charge in [-0.15, -0.1) is 0 Å². The number of hydrogen-bond donors (Lipinski definition) is 0. The summed E-state index contributed by atoms with van der Waals surface area (Å²) in [5.41, 5.74) is 20.4. The third-order valence-electron chi connectivity index (χ3n) is 11.4. The van der Waals surface area contributed by atoms with E-state index in [0.717, 1.165) is 6.42 Å². The summed E-state index contributed by atoms with van der Waals surface area (Å²) in [7, 11) is 0. The molecular formula is C48H38. The Balaban J connectivity index is 1.41. The minimum Gasteiger partial charge on any atom is -0.0619 e. The third kappa shape index (κ3) is 4.09. The summed E-state index contributed by atoms with van der Waals surface area (Å²) < 4.78 is 0. The Morgan fingerprint density at radius 2 is 0.833 bits per heavy atom. The van der Waals surface area contributed by atoms with Crippen LogP contribution in [0.5, 0.6) is 0 Å². The summed E-state index contributed by atoms with van der Waals surface area (Å²) in [5.74, 6) is 0. The van der Waals surface area contributed by atoms with Gasteiger partial charge in [-0.25, -0.2) is 0 Å². The standard InChI is InChI=1S/C48H38/c1-28-29(2)31(4)45(32(5)30(28)3)48-42-22-12-10-20-40(42)47(41-21-11-13-23-43(41)48)44-27-36(26-33-15-6-8-18-37(33)44)39-24-14-17-35-25-34-16-7-9-19-38(34)46(35)39/h6-24,26-27H,25H2,1-5H3. The first-order chi connectivity index (χ1) is 23.4. The molecule has 0 radical (unpaired) electrons. The smallest absolute Gasteiger partial charge is 0.00132 e. The predicted molar refractivity (Wildman–Crippen MR) is 207 cm³/mol. The van der Waals surface area contributed by atoms with E-state index < -0.39 is 0 Å². The van der Waals surface area contributed by atoms with E-state index in [0.29, 0.717) is 0 Å². The summed E-state index contributed by atoms with van der Waals surface area (Å²) in [6.07, 6.45) is 0.993. The lowest BCUT2D eigenvalue weighted by Gasteiger charge is -2.24. The number of fused-ring (bicyclic) bond motifs is 6. The SMILES string of the molecule is Cc1c(C)c(C)c(-c2c3ccccc3c(-c3cc(-c4cccc5c4-c4ccccc4C5)cc4ccccc34)c3ccccc23)c(C)c1C. The van der Waals surface area contributed by atoms with Crippen LogP contribution in [0.15, 0.2) is 127 Å². The molecule has 0 nitrogen and oxygen atoms in total. The fraction of sp³-hybridized carbons (Fsp3) is 0.125. The van der Waals surface area contributed by atoms with Gasteiger partial charge in [0.1, 0.15) is 0 Å². The molecule has 0 fully saturated rings. The Bertz CT molecular complexity index is 2540. The van der Waals surface area contributed by atoms with Gasteiger partial charge < -0.3 is 0 Å². The molecule has 0 saturated carbocycles. The first kappa shape index (κ1) is 28.7. The second-order valence-electron chi connectivity index (χ2n) is 13.8. The molecule has 0 aliphatic heterocycles. The maximum absolute atomic E-state index is 2.48. The molecule has 48 heavy (non-hydrogen) atoms. The normalized spacial score (nSPS) is 12.2. The van der Waals surface area contributed by atoms with Crippen molar-refractivity contribution in [2.75, 3.05) is 0 Å². The van der Waals surface area contributed by atoms with Gasteiger partial charge >= 0.3 is 0 Å². The maximum atomic E-state index is 2.48. The monoisotopic (exact) mass is 614 g/mol. The van der Waals surface area contributed by atoms with Gasteiger partial charge in [-0.2, -0.15) is 0 Å². The molecule has 0 atom stereocenters. The molecule has 230 valence electrons. The zero-order chi connectivity index (χ0) is 32.7. The van der Waals surface area contributed by atoms with Crippen molar-refractivity contribution >= 4 is 32.3 Å². The Hall–Kier alpha value is -5.46. The molecular weight excluding hydrogens is 577 g/mol. The first-order valence-corrected chi connectivity index (χ1v) is 17.2. The number of hydrogen-bond acceptors (Lipinski definition) is 0. The number of benzene rings is 8. The van der Waals surface area contributed by atoms with E-state index in [1.54, 1.807) is 0 Å². The van der Waals surface area contributed by atoms with Crippen LogP contribution < -0.4 is 0 Å². The van der Waals surface area contributed by atoms with Gasteiger partial charge in [-0.1, -0.05) is 115 Å². The van der Waals surface area contributed by atoms with Crippen molar-refractivity contribution in [1.29, 1.82) is 0 Å². The first-order valence-electron chi connectivity index (χ1n) is 17.2. The van der Waals surface area contributed by atoms with Gasteiger partial charge in [-0.3, -0.25) is 0 Å². The van der Waals surface area contributed by atoms with Gasteiger partial charge in [0.05, 0.1) is 0 Å². The second-order valence-corrected chi connectivity index (χ2v) is 13.8. The zero-order valence-corrected chi connectivity index (χ0v) is 28.3. The van der Waals surface area contributed by atoms with E-state index in [4.69, 9.17) is 0 Å². The van der Waals surface area contributed by atoms with E-state index in [2.05, 4.69) is 162 Å². The van der Waals surface area contributed by atoms with Gasteiger partial charge in [0.15, 0.2) is 0 Å². The molecule has 0 heteroatoms. The van der Waals surface area contributed by atoms with Gasteiger partial charge in [0.25, 0.3) is 0 Å². The lowest BCUT2D eigenvalue weighted by molar-refractivity contribution is 1.18. The Morgan fingerprint density at radius 3 is 1.50 bits per heavy atom. The summed E-state index contributed by atoms with van der Waals surface area (Å²) in [6, 6.07) is 47.8. The van der Waals surface area contributed by atoms with Crippen molar-refractivity contribution in [1.82, 2.24) is 0 Å². The second kappa shape index (κ2) is 10.8. The molecule has 9 rings (SSSR count). The third-order valence-corrected chi connectivity index (χ3v) is 11.4. The van der Waals surface area contributed by atoms with Crippen molar-refractivity contribution in [2.24, 2.45) is 0 Å². The van der Waals surface area contributed by atoms with E-state index in [1.807, 2.05) is 0 Å². The van der Waals surface area contributed by atoms with Crippen LogP contribution in [0.25, 0.3) is 76.8 Å². The molecule has 0 unspecified atom stereocenters.